The Morgan fingerprint density at radius 1 is 1.56 bits per heavy atom. The lowest BCUT2D eigenvalue weighted by Gasteiger charge is -2.24. The summed E-state index contributed by atoms with van der Waals surface area (Å²) in [6.45, 7) is 0.554. The van der Waals surface area contributed by atoms with Crippen LogP contribution in [-0.4, -0.2) is 27.0 Å². The van der Waals surface area contributed by atoms with Crippen molar-refractivity contribution in [2.45, 2.75) is 18.9 Å². The number of nitrogen functional groups attached to an aromatic ring is 1. The molecule has 0 radical (unpaired) electrons. The summed E-state index contributed by atoms with van der Waals surface area (Å²) in [4.78, 5) is 19.7. The first-order chi connectivity index (χ1) is 8.65. The van der Waals surface area contributed by atoms with E-state index >= 15 is 0 Å². The molecule has 1 aliphatic heterocycles. The summed E-state index contributed by atoms with van der Waals surface area (Å²) in [5, 5.41) is 3.36. The van der Waals surface area contributed by atoms with Crippen LogP contribution in [0.5, 0.6) is 0 Å². The van der Waals surface area contributed by atoms with Crippen LogP contribution in [0.2, 0.25) is 5.02 Å². The zero-order valence-corrected chi connectivity index (χ0v) is 10.3. The van der Waals surface area contributed by atoms with E-state index in [0.29, 0.717) is 35.1 Å². The molecule has 3 N–H and O–H groups in total. The van der Waals surface area contributed by atoms with E-state index in [1.54, 1.807) is 12.3 Å². The van der Waals surface area contributed by atoms with Crippen molar-refractivity contribution in [3.05, 3.63) is 17.3 Å². The molecule has 1 amide bonds. The van der Waals surface area contributed by atoms with Gasteiger partial charge in [-0.3, -0.25) is 9.36 Å². The minimum atomic E-state index is 0.0743. The second-order valence-corrected chi connectivity index (χ2v) is 4.77. The Kier molecular flexibility index (Phi) is 2.59. The molecule has 0 bridgehead atoms. The van der Waals surface area contributed by atoms with Gasteiger partial charge in [0, 0.05) is 19.2 Å². The molecule has 0 aromatic carbocycles. The van der Waals surface area contributed by atoms with Gasteiger partial charge in [0.05, 0.1) is 11.1 Å². The van der Waals surface area contributed by atoms with Crippen LogP contribution in [0.3, 0.4) is 0 Å². The molecule has 1 aliphatic rings. The minimum absolute atomic E-state index is 0.0743. The third-order valence-corrected chi connectivity index (χ3v) is 3.34. The number of hydrogen-bond acceptors (Lipinski definition) is 4. The molecular weight excluding hydrogens is 254 g/mol. The van der Waals surface area contributed by atoms with Crippen molar-refractivity contribution in [1.82, 2.24) is 19.9 Å². The summed E-state index contributed by atoms with van der Waals surface area (Å²) in [6.07, 6.45) is 2.81. The number of nitrogens with two attached hydrogens (primary N) is 1. The lowest BCUT2D eigenvalue weighted by atomic mass is 10.1. The standard InChI is InChI=1S/C11H12ClN5O/c12-6-3-8-10(15-4-6)17(11(13)16-8)7-1-2-9(18)14-5-7/h3-4,7H,1-2,5H2,(H2,13,16)(H,14,18). The maximum absolute atomic E-state index is 11.2. The Balaban J connectivity index is 2.05. The van der Waals surface area contributed by atoms with Crippen molar-refractivity contribution < 1.29 is 4.79 Å². The normalized spacial score (nSPS) is 20.1. The minimum Gasteiger partial charge on any atom is -0.369 e. The molecule has 0 aliphatic carbocycles. The van der Waals surface area contributed by atoms with Crippen LogP contribution in [0.4, 0.5) is 5.95 Å². The molecule has 1 fully saturated rings. The lowest BCUT2D eigenvalue weighted by molar-refractivity contribution is -0.122. The Labute approximate surface area is 108 Å². The average molecular weight is 266 g/mol. The van der Waals surface area contributed by atoms with Crippen LogP contribution >= 0.6 is 11.6 Å². The van der Waals surface area contributed by atoms with E-state index in [-0.39, 0.29) is 11.9 Å². The van der Waals surface area contributed by atoms with Crippen molar-refractivity contribution in [1.29, 1.82) is 0 Å². The van der Waals surface area contributed by atoms with Gasteiger partial charge in [-0.15, -0.1) is 0 Å². The highest BCUT2D eigenvalue weighted by molar-refractivity contribution is 6.31. The smallest absolute Gasteiger partial charge is 0.220 e. The summed E-state index contributed by atoms with van der Waals surface area (Å²) < 4.78 is 1.87. The molecule has 2 aromatic rings. The van der Waals surface area contributed by atoms with Gasteiger partial charge >= 0.3 is 0 Å². The lowest BCUT2D eigenvalue weighted by Crippen LogP contribution is -2.36. The van der Waals surface area contributed by atoms with E-state index < -0.39 is 0 Å². The number of nitrogens with one attached hydrogen (secondary N) is 1. The number of aromatic nitrogens is 3. The fourth-order valence-corrected chi connectivity index (χ4v) is 2.43. The van der Waals surface area contributed by atoms with Crippen molar-refractivity contribution in [2.24, 2.45) is 0 Å². The number of carbonyl (C=O) groups excluding carboxylic acids is 1. The summed E-state index contributed by atoms with van der Waals surface area (Å²) in [7, 11) is 0. The number of imidazole rings is 1. The number of amides is 1. The van der Waals surface area contributed by atoms with E-state index in [1.807, 2.05) is 4.57 Å². The monoisotopic (exact) mass is 265 g/mol. The number of carbonyl (C=O) groups is 1. The van der Waals surface area contributed by atoms with Gasteiger partial charge in [-0.1, -0.05) is 11.6 Å². The molecule has 94 valence electrons. The Hall–Kier alpha value is -1.82. The molecule has 3 rings (SSSR count). The molecule has 7 heteroatoms. The SMILES string of the molecule is Nc1nc2cc(Cl)cnc2n1C1CCC(=O)NC1. The van der Waals surface area contributed by atoms with Crippen molar-refractivity contribution in [3.8, 4) is 0 Å². The first kappa shape index (κ1) is 11.3. The van der Waals surface area contributed by atoms with E-state index in [9.17, 15) is 4.79 Å². The number of rotatable bonds is 1. The summed E-state index contributed by atoms with van der Waals surface area (Å²) >= 11 is 5.88. The number of nitrogens with zero attached hydrogens (tertiary/aromatic N) is 3. The van der Waals surface area contributed by atoms with Gasteiger partial charge in [-0.05, 0) is 12.5 Å². The number of halogens is 1. The molecule has 0 spiro atoms. The molecule has 0 saturated carbocycles. The number of hydrogen-bond donors (Lipinski definition) is 2. The van der Waals surface area contributed by atoms with Crippen LogP contribution in [0, 0.1) is 0 Å². The maximum Gasteiger partial charge on any atom is 0.220 e. The fourth-order valence-electron chi connectivity index (χ4n) is 2.28. The third-order valence-electron chi connectivity index (χ3n) is 3.13. The number of fused-ring (bicyclic) bond motifs is 1. The van der Waals surface area contributed by atoms with E-state index in [0.717, 1.165) is 6.42 Å². The van der Waals surface area contributed by atoms with E-state index in [1.165, 1.54) is 0 Å². The van der Waals surface area contributed by atoms with Gasteiger partial charge in [0.25, 0.3) is 0 Å². The van der Waals surface area contributed by atoms with Gasteiger partial charge in [0.2, 0.25) is 11.9 Å². The van der Waals surface area contributed by atoms with Crippen LogP contribution in [0.25, 0.3) is 11.2 Å². The zero-order chi connectivity index (χ0) is 12.7. The highest BCUT2D eigenvalue weighted by atomic mass is 35.5. The molecule has 1 atom stereocenters. The van der Waals surface area contributed by atoms with Gasteiger partial charge in [-0.2, -0.15) is 0 Å². The summed E-state index contributed by atoms with van der Waals surface area (Å²) in [5.74, 6) is 0.478. The van der Waals surface area contributed by atoms with Gasteiger partial charge < -0.3 is 11.1 Å². The van der Waals surface area contributed by atoms with Crippen molar-refractivity contribution in [3.63, 3.8) is 0 Å². The van der Waals surface area contributed by atoms with Crippen molar-refractivity contribution >= 4 is 34.6 Å². The molecule has 18 heavy (non-hydrogen) atoms. The second-order valence-electron chi connectivity index (χ2n) is 4.33. The Bertz CT molecular complexity index is 613. The first-order valence-corrected chi connectivity index (χ1v) is 6.08. The maximum atomic E-state index is 11.2. The van der Waals surface area contributed by atoms with Crippen LogP contribution in [-0.2, 0) is 4.79 Å². The molecular formula is C11H12ClN5O. The van der Waals surface area contributed by atoms with Crippen LogP contribution in [0.15, 0.2) is 12.3 Å². The fraction of sp³-hybridized carbons (Fsp3) is 0.364. The van der Waals surface area contributed by atoms with Crippen LogP contribution in [0.1, 0.15) is 18.9 Å². The number of piperidine rings is 1. The summed E-state index contributed by atoms with van der Waals surface area (Å²) in [5.41, 5.74) is 7.31. The van der Waals surface area contributed by atoms with E-state index in [2.05, 4.69) is 15.3 Å². The summed E-state index contributed by atoms with van der Waals surface area (Å²) in [6, 6.07) is 1.83. The van der Waals surface area contributed by atoms with Gasteiger partial charge in [0.15, 0.2) is 5.65 Å². The highest BCUT2D eigenvalue weighted by Crippen LogP contribution is 2.26. The predicted molar refractivity (Wildman–Crippen MR) is 68.2 cm³/mol. The van der Waals surface area contributed by atoms with Gasteiger partial charge in [-0.25, -0.2) is 9.97 Å². The van der Waals surface area contributed by atoms with Crippen molar-refractivity contribution in [2.75, 3.05) is 12.3 Å². The van der Waals surface area contributed by atoms with Gasteiger partial charge in [0.1, 0.15) is 5.52 Å². The highest BCUT2D eigenvalue weighted by Gasteiger charge is 2.23. The Morgan fingerprint density at radius 3 is 3.11 bits per heavy atom. The molecule has 1 unspecified atom stereocenters. The Morgan fingerprint density at radius 2 is 2.39 bits per heavy atom. The molecule has 6 nitrogen and oxygen atoms in total. The molecule has 1 saturated heterocycles. The topological polar surface area (TPSA) is 85.8 Å². The first-order valence-electron chi connectivity index (χ1n) is 5.71. The zero-order valence-electron chi connectivity index (χ0n) is 9.56. The molecule has 3 heterocycles. The number of anilines is 1. The van der Waals surface area contributed by atoms with E-state index in [4.69, 9.17) is 17.3 Å². The average Bonchev–Trinajstić information content (AvgIpc) is 2.65. The number of pyridine rings is 1. The van der Waals surface area contributed by atoms with Crippen LogP contribution < -0.4 is 11.1 Å². The predicted octanol–water partition coefficient (Wildman–Crippen LogP) is 1.12. The quantitative estimate of drug-likeness (QED) is 0.809. The third kappa shape index (κ3) is 1.78. The largest absolute Gasteiger partial charge is 0.369 e. The second kappa shape index (κ2) is 4.13. The molecule has 2 aromatic heterocycles.